The number of non-ortho nitro benzene ring substituents is 1. The summed E-state index contributed by atoms with van der Waals surface area (Å²) < 4.78 is 11.6. The summed E-state index contributed by atoms with van der Waals surface area (Å²) in [5.74, 6) is 1.38. The zero-order valence-electron chi connectivity index (χ0n) is 12.8. The van der Waals surface area contributed by atoms with Crippen molar-refractivity contribution >= 4 is 44.7 Å². The Balaban J connectivity index is 1.72. The minimum atomic E-state index is -0.419. The van der Waals surface area contributed by atoms with Crippen molar-refractivity contribution < 1.29 is 14.4 Å². The summed E-state index contributed by atoms with van der Waals surface area (Å²) in [6, 6.07) is 12.3. The van der Waals surface area contributed by atoms with Crippen molar-refractivity contribution in [2.75, 3.05) is 6.79 Å². The summed E-state index contributed by atoms with van der Waals surface area (Å²) in [5, 5.41) is 11.9. The van der Waals surface area contributed by atoms with E-state index in [4.69, 9.17) is 9.47 Å². The van der Waals surface area contributed by atoms with Crippen LogP contribution in [0, 0.1) is 10.1 Å². The lowest BCUT2D eigenvalue weighted by Gasteiger charge is -2.03. The minimum absolute atomic E-state index is 0.00277. The maximum Gasteiger partial charge on any atom is 0.295 e. The zero-order chi connectivity index (χ0) is 17.4. The molecule has 0 aliphatic carbocycles. The Bertz CT molecular complexity index is 1030. The van der Waals surface area contributed by atoms with Gasteiger partial charge < -0.3 is 9.47 Å². The lowest BCUT2D eigenvalue weighted by Crippen LogP contribution is -1.92. The van der Waals surface area contributed by atoms with Crippen LogP contribution in [0.25, 0.3) is 23.1 Å². The van der Waals surface area contributed by atoms with E-state index in [2.05, 4.69) is 20.9 Å². The molecule has 0 saturated carbocycles. The van der Waals surface area contributed by atoms with Gasteiger partial charge in [-0.05, 0) is 29.8 Å². The van der Waals surface area contributed by atoms with Gasteiger partial charge in [0.1, 0.15) is 5.52 Å². The molecule has 0 radical (unpaired) electrons. The number of nitrogens with zero attached hydrogens (tertiary/aromatic N) is 2. The topological polar surface area (TPSA) is 74.5 Å². The number of ether oxygens (including phenoxy) is 2. The fraction of sp³-hybridized carbons (Fsp3) is 0.0556. The molecule has 0 spiro atoms. The summed E-state index contributed by atoms with van der Waals surface area (Å²) in [5.41, 5.74) is 1.90. The van der Waals surface area contributed by atoms with E-state index >= 15 is 0 Å². The maximum absolute atomic E-state index is 11.2. The van der Waals surface area contributed by atoms with E-state index in [0.717, 1.165) is 15.4 Å². The molecule has 124 valence electrons. The molecule has 0 bridgehead atoms. The Hall–Kier alpha value is -2.93. The van der Waals surface area contributed by atoms with Gasteiger partial charge >= 0.3 is 0 Å². The van der Waals surface area contributed by atoms with Crippen LogP contribution in [-0.2, 0) is 0 Å². The van der Waals surface area contributed by atoms with Crippen LogP contribution in [0.2, 0.25) is 0 Å². The van der Waals surface area contributed by atoms with Crippen molar-refractivity contribution in [2.24, 2.45) is 0 Å². The number of halogens is 1. The van der Waals surface area contributed by atoms with E-state index in [1.165, 1.54) is 6.07 Å². The Kier molecular flexibility index (Phi) is 3.85. The molecular weight excluding hydrogens is 388 g/mol. The summed E-state index contributed by atoms with van der Waals surface area (Å²) in [6.45, 7) is 0.213. The largest absolute Gasteiger partial charge is 0.454 e. The van der Waals surface area contributed by atoms with Gasteiger partial charge in [-0.3, -0.25) is 10.1 Å². The molecule has 0 unspecified atom stereocenters. The Labute approximate surface area is 151 Å². The lowest BCUT2D eigenvalue weighted by atomic mass is 10.1. The van der Waals surface area contributed by atoms with Crippen LogP contribution >= 0.6 is 15.9 Å². The van der Waals surface area contributed by atoms with Gasteiger partial charge in [0.15, 0.2) is 11.5 Å². The number of nitro groups is 1. The van der Waals surface area contributed by atoms with Crippen molar-refractivity contribution in [3.8, 4) is 11.5 Å². The van der Waals surface area contributed by atoms with Gasteiger partial charge in [0.2, 0.25) is 6.79 Å². The van der Waals surface area contributed by atoms with E-state index in [0.29, 0.717) is 22.7 Å². The molecule has 0 saturated heterocycles. The molecule has 0 N–H and O–H groups in total. The minimum Gasteiger partial charge on any atom is -0.454 e. The third kappa shape index (κ3) is 2.94. The van der Waals surface area contributed by atoms with E-state index in [1.54, 1.807) is 18.2 Å². The monoisotopic (exact) mass is 398 g/mol. The number of hydrogen-bond donors (Lipinski definition) is 0. The number of fused-ring (bicyclic) bond motifs is 2. The SMILES string of the molecule is O=[N+]([O-])c1cccc2ccc(/C=C/c3cc4c(cc3Br)OCO4)nc12. The van der Waals surface area contributed by atoms with Crippen molar-refractivity contribution in [2.45, 2.75) is 0 Å². The van der Waals surface area contributed by atoms with E-state index < -0.39 is 4.92 Å². The predicted molar refractivity (Wildman–Crippen MR) is 97.6 cm³/mol. The number of nitro benzene ring substituents is 1. The number of aromatic nitrogens is 1. The normalized spacial score (nSPS) is 12.8. The average Bonchev–Trinajstić information content (AvgIpc) is 3.05. The highest BCUT2D eigenvalue weighted by molar-refractivity contribution is 9.10. The summed E-state index contributed by atoms with van der Waals surface area (Å²) in [4.78, 5) is 15.2. The first-order chi connectivity index (χ1) is 12.1. The summed E-state index contributed by atoms with van der Waals surface area (Å²) >= 11 is 3.50. The highest BCUT2D eigenvalue weighted by atomic mass is 79.9. The van der Waals surface area contributed by atoms with Gasteiger partial charge in [-0.2, -0.15) is 0 Å². The first kappa shape index (κ1) is 15.6. The predicted octanol–water partition coefficient (Wildman–Crippen LogP) is 4.80. The smallest absolute Gasteiger partial charge is 0.295 e. The molecule has 2 aromatic carbocycles. The molecule has 1 aliphatic rings. The second-order valence-electron chi connectivity index (χ2n) is 5.40. The highest BCUT2D eigenvalue weighted by Gasteiger charge is 2.15. The van der Waals surface area contributed by atoms with Gasteiger partial charge in [0, 0.05) is 15.9 Å². The van der Waals surface area contributed by atoms with Crippen LogP contribution < -0.4 is 9.47 Å². The average molecular weight is 399 g/mol. The van der Waals surface area contributed by atoms with Gasteiger partial charge in [-0.15, -0.1) is 0 Å². The fourth-order valence-electron chi connectivity index (χ4n) is 2.62. The number of hydrogen-bond acceptors (Lipinski definition) is 5. The van der Waals surface area contributed by atoms with E-state index in [1.807, 2.05) is 30.3 Å². The molecule has 7 heteroatoms. The molecule has 25 heavy (non-hydrogen) atoms. The first-order valence-electron chi connectivity index (χ1n) is 7.43. The van der Waals surface area contributed by atoms with Gasteiger partial charge in [-0.1, -0.05) is 40.2 Å². The first-order valence-corrected chi connectivity index (χ1v) is 8.22. The molecule has 2 heterocycles. The van der Waals surface area contributed by atoms with Crippen LogP contribution in [0.15, 0.2) is 46.9 Å². The van der Waals surface area contributed by atoms with Crippen molar-refractivity contribution in [1.29, 1.82) is 0 Å². The number of benzene rings is 2. The second-order valence-corrected chi connectivity index (χ2v) is 6.26. The molecule has 0 atom stereocenters. The third-order valence-corrected chi connectivity index (χ3v) is 4.53. The molecule has 1 aliphatic heterocycles. The van der Waals surface area contributed by atoms with Gasteiger partial charge in [0.25, 0.3) is 5.69 Å². The van der Waals surface area contributed by atoms with Gasteiger partial charge in [-0.25, -0.2) is 4.98 Å². The highest BCUT2D eigenvalue weighted by Crippen LogP contribution is 2.37. The Morgan fingerprint density at radius 2 is 1.92 bits per heavy atom. The second kappa shape index (κ2) is 6.18. The van der Waals surface area contributed by atoms with E-state index in [9.17, 15) is 10.1 Å². The van der Waals surface area contributed by atoms with E-state index in [-0.39, 0.29) is 12.5 Å². The third-order valence-electron chi connectivity index (χ3n) is 3.84. The van der Waals surface area contributed by atoms with Gasteiger partial charge in [0.05, 0.1) is 10.6 Å². The Morgan fingerprint density at radius 1 is 1.12 bits per heavy atom. The van der Waals surface area contributed by atoms with Crippen molar-refractivity contribution in [3.05, 3.63) is 68.3 Å². The summed E-state index contributed by atoms with van der Waals surface area (Å²) in [6.07, 6.45) is 3.67. The van der Waals surface area contributed by atoms with Crippen LogP contribution in [0.5, 0.6) is 11.5 Å². The molecule has 6 nitrogen and oxygen atoms in total. The molecular formula is C18H11BrN2O4. The molecule has 0 fully saturated rings. The standard InChI is InChI=1S/C18H11BrN2O4/c19-14-9-17-16(24-10-25-17)8-12(14)5-7-13-6-4-11-2-1-3-15(21(22)23)18(11)20-13/h1-9H,10H2/b7-5+. The molecule has 4 rings (SSSR count). The summed E-state index contributed by atoms with van der Waals surface area (Å²) in [7, 11) is 0. The zero-order valence-corrected chi connectivity index (χ0v) is 14.4. The Morgan fingerprint density at radius 3 is 2.72 bits per heavy atom. The quantitative estimate of drug-likeness (QED) is 0.467. The van der Waals surface area contributed by atoms with Crippen LogP contribution in [-0.4, -0.2) is 16.7 Å². The number of rotatable bonds is 3. The van der Waals surface area contributed by atoms with Crippen LogP contribution in [0.1, 0.15) is 11.3 Å². The fourth-order valence-corrected chi connectivity index (χ4v) is 3.08. The molecule has 0 amide bonds. The molecule has 1 aromatic heterocycles. The van der Waals surface area contributed by atoms with Crippen molar-refractivity contribution in [3.63, 3.8) is 0 Å². The maximum atomic E-state index is 11.2. The number of para-hydroxylation sites is 1. The van der Waals surface area contributed by atoms with Crippen LogP contribution in [0.4, 0.5) is 5.69 Å². The molecule has 3 aromatic rings. The van der Waals surface area contributed by atoms with Crippen LogP contribution in [0.3, 0.4) is 0 Å². The lowest BCUT2D eigenvalue weighted by molar-refractivity contribution is -0.383. The van der Waals surface area contributed by atoms with Crippen molar-refractivity contribution in [1.82, 2.24) is 4.98 Å². The number of pyridine rings is 1.